The Labute approximate surface area is 177 Å². The van der Waals surface area contributed by atoms with E-state index >= 15 is 0 Å². The van der Waals surface area contributed by atoms with Gasteiger partial charge in [-0.25, -0.2) is 0 Å². The number of pyridine rings is 1. The SMILES string of the molecule is COc1ccncc1CC(=O)N(C)C1CCCN(C(=O)c2cc(O)ccc2C)CC1. The van der Waals surface area contributed by atoms with Crippen molar-refractivity contribution in [2.75, 3.05) is 27.2 Å². The minimum absolute atomic E-state index is 0.00917. The number of carbonyl (C=O) groups is 2. The van der Waals surface area contributed by atoms with E-state index in [1.54, 1.807) is 42.6 Å². The number of hydrogen-bond donors (Lipinski definition) is 1. The van der Waals surface area contributed by atoms with Gasteiger partial charge in [0.1, 0.15) is 11.5 Å². The predicted molar refractivity (Wildman–Crippen MR) is 114 cm³/mol. The maximum Gasteiger partial charge on any atom is 0.254 e. The molecule has 0 aliphatic carbocycles. The van der Waals surface area contributed by atoms with Crippen LogP contribution in [0.3, 0.4) is 0 Å². The summed E-state index contributed by atoms with van der Waals surface area (Å²) in [6.07, 6.45) is 5.92. The number of aromatic hydroxyl groups is 1. The van der Waals surface area contributed by atoms with E-state index in [2.05, 4.69) is 4.98 Å². The van der Waals surface area contributed by atoms with Crippen LogP contribution in [0.4, 0.5) is 0 Å². The summed E-state index contributed by atoms with van der Waals surface area (Å²) in [6.45, 7) is 3.09. The Bertz CT molecular complexity index is 915. The third kappa shape index (κ3) is 4.90. The van der Waals surface area contributed by atoms with E-state index in [1.165, 1.54) is 6.07 Å². The number of hydrogen-bond acceptors (Lipinski definition) is 5. The van der Waals surface area contributed by atoms with Crippen molar-refractivity contribution in [1.82, 2.24) is 14.8 Å². The van der Waals surface area contributed by atoms with Gasteiger partial charge in [-0.3, -0.25) is 14.6 Å². The number of aryl methyl sites for hydroxylation is 1. The summed E-state index contributed by atoms with van der Waals surface area (Å²) in [5.41, 5.74) is 2.14. The zero-order valence-electron chi connectivity index (χ0n) is 17.8. The van der Waals surface area contributed by atoms with Gasteiger partial charge >= 0.3 is 0 Å². The molecule has 2 aromatic rings. The number of rotatable bonds is 5. The fraction of sp³-hybridized carbons (Fsp3) is 0.435. The van der Waals surface area contributed by atoms with E-state index in [0.717, 1.165) is 30.4 Å². The second-order valence-corrected chi connectivity index (χ2v) is 7.75. The van der Waals surface area contributed by atoms with Crippen molar-refractivity contribution in [3.8, 4) is 11.5 Å². The van der Waals surface area contributed by atoms with Gasteiger partial charge in [-0.05, 0) is 49.9 Å². The third-order valence-corrected chi connectivity index (χ3v) is 5.80. The Hall–Kier alpha value is -3.09. The van der Waals surface area contributed by atoms with E-state index < -0.39 is 0 Å². The quantitative estimate of drug-likeness (QED) is 0.818. The molecule has 7 heteroatoms. The van der Waals surface area contributed by atoms with Crippen molar-refractivity contribution in [2.45, 2.75) is 38.6 Å². The van der Waals surface area contributed by atoms with Crippen LogP contribution in [0.25, 0.3) is 0 Å². The number of likely N-dealkylation sites (N-methyl/N-ethyl adjacent to an activating group) is 1. The largest absolute Gasteiger partial charge is 0.508 e. The number of ether oxygens (including phenoxy) is 1. The maximum absolute atomic E-state index is 13.0. The molecule has 0 radical (unpaired) electrons. The summed E-state index contributed by atoms with van der Waals surface area (Å²) in [5.74, 6) is 0.687. The number of likely N-dealkylation sites (tertiary alicyclic amines) is 1. The first-order valence-electron chi connectivity index (χ1n) is 10.2. The number of nitrogens with zero attached hydrogens (tertiary/aromatic N) is 3. The van der Waals surface area contributed by atoms with Crippen molar-refractivity contribution in [3.63, 3.8) is 0 Å². The predicted octanol–water partition coefficient (Wildman–Crippen LogP) is 2.80. The van der Waals surface area contributed by atoms with Crippen molar-refractivity contribution in [1.29, 1.82) is 0 Å². The number of aromatic nitrogens is 1. The van der Waals surface area contributed by atoms with Gasteiger partial charge in [0.15, 0.2) is 0 Å². The second kappa shape index (κ2) is 9.61. The highest BCUT2D eigenvalue weighted by atomic mass is 16.5. The minimum Gasteiger partial charge on any atom is -0.508 e. The molecule has 2 amide bonds. The van der Waals surface area contributed by atoms with Gasteiger partial charge in [0.25, 0.3) is 5.91 Å². The molecule has 1 aromatic carbocycles. The fourth-order valence-electron chi connectivity index (χ4n) is 3.92. The molecule has 7 nitrogen and oxygen atoms in total. The highest BCUT2D eigenvalue weighted by Gasteiger charge is 2.27. The molecule has 0 spiro atoms. The van der Waals surface area contributed by atoms with Gasteiger partial charge in [0, 0.05) is 49.7 Å². The summed E-state index contributed by atoms with van der Waals surface area (Å²) in [4.78, 5) is 33.5. The molecular weight excluding hydrogens is 382 g/mol. The topological polar surface area (TPSA) is 83.0 Å². The number of benzene rings is 1. The van der Waals surface area contributed by atoms with E-state index in [1.807, 2.05) is 18.9 Å². The van der Waals surface area contributed by atoms with E-state index in [9.17, 15) is 14.7 Å². The number of carbonyl (C=O) groups excluding carboxylic acids is 2. The van der Waals surface area contributed by atoms with Gasteiger partial charge in [0.2, 0.25) is 5.91 Å². The van der Waals surface area contributed by atoms with Crippen LogP contribution >= 0.6 is 0 Å². The van der Waals surface area contributed by atoms with Crippen molar-refractivity contribution in [3.05, 3.63) is 53.3 Å². The number of phenols is 1. The molecule has 1 N–H and O–H groups in total. The zero-order chi connectivity index (χ0) is 21.7. The first-order chi connectivity index (χ1) is 14.4. The molecule has 1 aliphatic heterocycles. The molecule has 1 fully saturated rings. The lowest BCUT2D eigenvalue weighted by Crippen LogP contribution is -2.39. The lowest BCUT2D eigenvalue weighted by molar-refractivity contribution is -0.131. The van der Waals surface area contributed by atoms with Crippen LogP contribution in [-0.2, 0) is 11.2 Å². The Morgan fingerprint density at radius 3 is 2.83 bits per heavy atom. The Kier molecular flexibility index (Phi) is 6.92. The zero-order valence-corrected chi connectivity index (χ0v) is 17.8. The molecule has 3 rings (SSSR count). The third-order valence-electron chi connectivity index (χ3n) is 5.80. The molecule has 1 atom stereocenters. The summed E-state index contributed by atoms with van der Waals surface area (Å²) in [7, 11) is 3.41. The van der Waals surface area contributed by atoms with Crippen molar-refractivity contribution in [2.24, 2.45) is 0 Å². The molecule has 2 heterocycles. The summed E-state index contributed by atoms with van der Waals surface area (Å²) in [6, 6.07) is 6.69. The molecule has 30 heavy (non-hydrogen) atoms. The normalized spacial score (nSPS) is 16.6. The summed E-state index contributed by atoms with van der Waals surface area (Å²) >= 11 is 0. The van der Waals surface area contributed by atoms with Crippen molar-refractivity contribution < 1.29 is 19.4 Å². The van der Waals surface area contributed by atoms with E-state index in [4.69, 9.17) is 4.74 Å². The van der Waals surface area contributed by atoms with E-state index in [0.29, 0.717) is 24.4 Å². The number of amides is 2. The molecule has 1 unspecified atom stereocenters. The average molecular weight is 412 g/mol. The van der Waals surface area contributed by atoms with Gasteiger partial charge in [-0.15, -0.1) is 0 Å². The van der Waals surface area contributed by atoms with Gasteiger partial charge < -0.3 is 19.6 Å². The molecule has 0 bridgehead atoms. The standard InChI is InChI=1S/C23H29N3O4/c1-16-6-7-19(27)14-20(16)23(29)26-11-4-5-18(9-12-26)25(2)22(28)13-17-15-24-10-8-21(17)30-3/h6-8,10,14-15,18,27H,4-5,9,11-13H2,1-3H3. The van der Waals surface area contributed by atoms with Gasteiger partial charge in [-0.1, -0.05) is 6.07 Å². The Balaban J connectivity index is 1.63. The van der Waals surface area contributed by atoms with Crippen LogP contribution in [-0.4, -0.2) is 65.0 Å². The second-order valence-electron chi connectivity index (χ2n) is 7.75. The highest BCUT2D eigenvalue weighted by molar-refractivity contribution is 5.96. The molecule has 1 aliphatic rings. The monoisotopic (exact) mass is 411 g/mol. The van der Waals surface area contributed by atoms with Crippen LogP contribution < -0.4 is 4.74 Å². The fourth-order valence-corrected chi connectivity index (χ4v) is 3.92. The van der Waals surface area contributed by atoms with Crippen LogP contribution in [0.15, 0.2) is 36.7 Å². The average Bonchev–Trinajstić information content (AvgIpc) is 3.01. The summed E-state index contributed by atoms with van der Waals surface area (Å²) in [5, 5.41) is 9.75. The first-order valence-corrected chi connectivity index (χ1v) is 10.2. The lowest BCUT2D eigenvalue weighted by Gasteiger charge is -2.28. The van der Waals surface area contributed by atoms with Crippen LogP contribution in [0.1, 0.15) is 40.7 Å². The minimum atomic E-state index is -0.0712. The molecule has 160 valence electrons. The molecule has 0 saturated carbocycles. The molecule has 1 saturated heterocycles. The Morgan fingerprint density at radius 1 is 1.27 bits per heavy atom. The van der Waals surface area contributed by atoms with Crippen molar-refractivity contribution >= 4 is 11.8 Å². The van der Waals surface area contributed by atoms with Gasteiger partial charge in [-0.2, -0.15) is 0 Å². The van der Waals surface area contributed by atoms with Crippen LogP contribution in [0.2, 0.25) is 0 Å². The van der Waals surface area contributed by atoms with Crippen LogP contribution in [0, 0.1) is 6.92 Å². The Morgan fingerprint density at radius 2 is 2.07 bits per heavy atom. The lowest BCUT2D eigenvalue weighted by atomic mass is 10.1. The number of methoxy groups -OCH3 is 1. The summed E-state index contributed by atoms with van der Waals surface area (Å²) < 4.78 is 5.32. The highest BCUT2D eigenvalue weighted by Crippen LogP contribution is 2.23. The first kappa shape index (κ1) is 21.6. The van der Waals surface area contributed by atoms with Crippen LogP contribution in [0.5, 0.6) is 11.5 Å². The smallest absolute Gasteiger partial charge is 0.254 e. The van der Waals surface area contributed by atoms with E-state index in [-0.39, 0.29) is 30.0 Å². The maximum atomic E-state index is 13.0. The van der Waals surface area contributed by atoms with Gasteiger partial charge in [0.05, 0.1) is 13.5 Å². The number of phenolic OH excluding ortho intramolecular Hbond substituents is 1. The molecular formula is C23H29N3O4. The molecule has 1 aromatic heterocycles.